The van der Waals surface area contributed by atoms with Crippen LogP contribution in [0.5, 0.6) is 0 Å². The lowest BCUT2D eigenvalue weighted by Gasteiger charge is -2.07. The molecule has 0 unspecified atom stereocenters. The molecule has 3 aromatic heterocycles. The van der Waals surface area contributed by atoms with Crippen molar-refractivity contribution < 1.29 is 0 Å². The monoisotopic (exact) mass is 771 g/mol. The Bertz CT molecular complexity index is 1870. The van der Waals surface area contributed by atoms with Gasteiger partial charge < -0.3 is 0 Å². The summed E-state index contributed by atoms with van der Waals surface area (Å²) in [6, 6.07) is 41.7. The Hall–Kier alpha value is -3.33. The molecule has 7 aromatic rings. The zero-order chi connectivity index (χ0) is 28.2. The highest BCUT2D eigenvalue weighted by atomic mass is 127. The number of nitrogens with zero attached hydrogens (tertiary/aromatic N) is 3. The molecule has 3 nitrogen and oxygen atoms in total. The molecular formula is C35H24Br2IN3. The Kier molecular flexibility index (Phi) is 8.60. The minimum absolute atomic E-state index is 0.992. The highest BCUT2D eigenvalue weighted by molar-refractivity contribution is 14.1. The highest BCUT2D eigenvalue weighted by Crippen LogP contribution is 2.34. The van der Waals surface area contributed by atoms with Crippen molar-refractivity contribution >= 4 is 76.4 Å². The van der Waals surface area contributed by atoms with Gasteiger partial charge in [0, 0.05) is 53.4 Å². The molecule has 0 saturated carbocycles. The van der Waals surface area contributed by atoms with Gasteiger partial charge in [-0.05, 0) is 94.4 Å². The molecule has 1 aliphatic carbocycles. The topological polar surface area (TPSA) is 30.7 Å². The number of pyridine rings is 2. The van der Waals surface area contributed by atoms with Crippen molar-refractivity contribution in [2.24, 2.45) is 0 Å². The molecule has 0 saturated heterocycles. The molecule has 4 aromatic carbocycles. The maximum absolute atomic E-state index is 4.57. The molecule has 0 spiro atoms. The van der Waals surface area contributed by atoms with Crippen LogP contribution in [0.1, 0.15) is 11.3 Å². The molecule has 41 heavy (non-hydrogen) atoms. The molecule has 8 rings (SSSR count). The van der Waals surface area contributed by atoms with Gasteiger partial charge in [-0.3, -0.25) is 9.55 Å². The molecule has 3 heterocycles. The predicted octanol–water partition coefficient (Wildman–Crippen LogP) is 10.6. The first-order valence-corrected chi connectivity index (χ1v) is 15.8. The van der Waals surface area contributed by atoms with Crippen LogP contribution in [0.2, 0.25) is 0 Å². The van der Waals surface area contributed by atoms with Crippen molar-refractivity contribution in [2.45, 2.75) is 6.42 Å². The second kappa shape index (κ2) is 12.7. The maximum atomic E-state index is 4.57. The van der Waals surface area contributed by atoms with Gasteiger partial charge in [-0.2, -0.15) is 0 Å². The van der Waals surface area contributed by atoms with E-state index in [1.165, 1.54) is 42.2 Å². The first-order valence-electron chi connectivity index (χ1n) is 13.1. The lowest BCUT2D eigenvalue weighted by molar-refractivity contribution is 1.12. The van der Waals surface area contributed by atoms with Crippen molar-refractivity contribution in [3.8, 4) is 16.8 Å². The number of fused-ring (bicyclic) bond motifs is 6. The number of benzene rings is 4. The normalized spacial score (nSPS) is 11.2. The Balaban J connectivity index is 0.000000123. The van der Waals surface area contributed by atoms with E-state index in [9.17, 15) is 0 Å². The Labute approximate surface area is 269 Å². The zero-order valence-electron chi connectivity index (χ0n) is 21.9. The fourth-order valence-electron chi connectivity index (χ4n) is 5.07. The summed E-state index contributed by atoms with van der Waals surface area (Å²) in [7, 11) is 0. The van der Waals surface area contributed by atoms with Gasteiger partial charge in [-0.15, -0.1) is 0 Å². The maximum Gasteiger partial charge on any atom is 0.145 e. The summed E-state index contributed by atoms with van der Waals surface area (Å²) in [5.74, 6) is 0. The van der Waals surface area contributed by atoms with Crippen molar-refractivity contribution in [1.29, 1.82) is 0 Å². The third kappa shape index (κ3) is 6.15. The van der Waals surface area contributed by atoms with E-state index in [1.807, 2.05) is 48.8 Å². The van der Waals surface area contributed by atoms with Crippen molar-refractivity contribution in [1.82, 2.24) is 14.5 Å². The number of rotatable bonds is 1. The number of para-hydroxylation sites is 1. The van der Waals surface area contributed by atoms with E-state index in [4.69, 9.17) is 0 Å². The molecular weight excluding hydrogens is 749 g/mol. The highest BCUT2D eigenvalue weighted by Gasteiger charge is 2.17. The van der Waals surface area contributed by atoms with E-state index in [-0.39, 0.29) is 0 Å². The quantitative estimate of drug-likeness (QED) is 0.156. The van der Waals surface area contributed by atoms with Gasteiger partial charge in [0.05, 0.1) is 11.2 Å². The van der Waals surface area contributed by atoms with Crippen LogP contribution in [0.3, 0.4) is 0 Å². The summed E-state index contributed by atoms with van der Waals surface area (Å²) in [6.07, 6.45) is 4.70. The molecule has 1 aliphatic rings. The minimum Gasteiger partial charge on any atom is -0.294 e. The molecule has 0 fully saturated rings. The van der Waals surface area contributed by atoms with E-state index >= 15 is 0 Å². The van der Waals surface area contributed by atoms with Crippen LogP contribution in [-0.2, 0) is 6.42 Å². The molecule has 0 atom stereocenters. The average molecular weight is 773 g/mol. The predicted molar refractivity (Wildman–Crippen MR) is 186 cm³/mol. The number of hydrogen-bond acceptors (Lipinski definition) is 2. The van der Waals surface area contributed by atoms with E-state index < -0.39 is 0 Å². The minimum atomic E-state index is 0.992. The Morgan fingerprint density at radius 2 is 1.29 bits per heavy atom. The lowest BCUT2D eigenvalue weighted by Crippen LogP contribution is -1.94. The van der Waals surface area contributed by atoms with Gasteiger partial charge in [0.1, 0.15) is 5.65 Å². The van der Waals surface area contributed by atoms with E-state index in [0.29, 0.717) is 0 Å². The largest absolute Gasteiger partial charge is 0.294 e. The first kappa shape index (κ1) is 27.8. The summed E-state index contributed by atoms with van der Waals surface area (Å²) in [5.41, 5.74) is 8.55. The van der Waals surface area contributed by atoms with Gasteiger partial charge >= 0.3 is 0 Å². The van der Waals surface area contributed by atoms with Gasteiger partial charge in [-0.1, -0.05) is 92.5 Å². The van der Waals surface area contributed by atoms with Gasteiger partial charge in [0.25, 0.3) is 0 Å². The van der Waals surface area contributed by atoms with Crippen LogP contribution in [0.15, 0.2) is 143 Å². The van der Waals surface area contributed by atoms with Gasteiger partial charge in [0.2, 0.25) is 0 Å². The third-order valence-electron chi connectivity index (χ3n) is 6.84. The number of aromatic nitrogens is 3. The second-order valence-electron chi connectivity index (χ2n) is 9.48. The zero-order valence-corrected chi connectivity index (χ0v) is 27.2. The van der Waals surface area contributed by atoms with Crippen molar-refractivity contribution in [2.75, 3.05) is 0 Å². The van der Waals surface area contributed by atoms with E-state index in [2.05, 4.69) is 154 Å². The fourth-order valence-corrected chi connectivity index (χ4v) is 6.83. The molecule has 200 valence electrons. The molecule has 0 radical (unpaired) electrons. The SMILES string of the molecule is Brc1cccc(-n2c3ccccc3c3cccnc32)c1.Brc1cccc(I)c1.c1ccc2c(c1)Cc1ncccc1-2. The van der Waals surface area contributed by atoms with Crippen LogP contribution >= 0.6 is 54.5 Å². The van der Waals surface area contributed by atoms with Crippen LogP contribution in [0, 0.1) is 3.57 Å². The van der Waals surface area contributed by atoms with Gasteiger partial charge in [0.15, 0.2) is 0 Å². The Morgan fingerprint density at radius 3 is 2.10 bits per heavy atom. The summed E-state index contributed by atoms with van der Waals surface area (Å²) in [6.45, 7) is 0. The third-order valence-corrected chi connectivity index (χ3v) is 8.50. The summed E-state index contributed by atoms with van der Waals surface area (Å²) >= 11 is 9.17. The van der Waals surface area contributed by atoms with Crippen molar-refractivity contribution in [3.63, 3.8) is 0 Å². The number of hydrogen-bond donors (Lipinski definition) is 0. The molecule has 0 amide bonds. The second-order valence-corrected chi connectivity index (χ2v) is 12.6. The molecule has 6 heteroatoms. The smallest absolute Gasteiger partial charge is 0.145 e. The van der Waals surface area contributed by atoms with E-state index in [1.54, 1.807) is 0 Å². The van der Waals surface area contributed by atoms with Crippen LogP contribution in [-0.4, -0.2) is 14.5 Å². The van der Waals surface area contributed by atoms with Crippen LogP contribution < -0.4 is 0 Å². The molecule has 0 aliphatic heterocycles. The molecule has 0 N–H and O–H groups in total. The molecule has 0 bridgehead atoms. The van der Waals surface area contributed by atoms with Crippen molar-refractivity contribution in [3.05, 3.63) is 157 Å². The van der Waals surface area contributed by atoms with Crippen LogP contribution in [0.4, 0.5) is 0 Å². The number of halogens is 3. The first-order chi connectivity index (χ1) is 20.1. The lowest BCUT2D eigenvalue weighted by atomic mass is 10.1. The van der Waals surface area contributed by atoms with Crippen LogP contribution in [0.25, 0.3) is 38.8 Å². The average Bonchev–Trinajstić information content (AvgIpc) is 3.54. The van der Waals surface area contributed by atoms with Gasteiger partial charge in [-0.25, -0.2) is 4.98 Å². The summed E-state index contributed by atoms with van der Waals surface area (Å²) in [5, 5.41) is 2.42. The standard InChI is InChI=1S/C17H11BrN2.C12H9N.C6H4BrI/c18-12-5-3-6-13(11-12)20-16-9-2-1-7-14(16)15-8-4-10-19-17(15)20;1-2-5-10-9(4-1)8-12-11(10)6-3-7-13-12;7-5-2-1-3-6(8)4-5/h1-11H;1-7H,8H2;1-4H. The Morgan fingerprint density at radius 1 is 0.610 bits per heavy atom. The summed E-state index contributed by atoms with van der Waals surface area (Å²) in [4.78, 5) is 8.95. The fraction of sp³-hybridized carbons (Fsp3) is 0.0286. The van der Waals surface area contributed by atoms with E-state index in [0.717, 1.165) is 26.7 Å². The summed E-state index contributed by atoms with van der Waals surface area (Å²) < 4.78 is 5.67.